The van der Waals surface area contributed by atoms with Crippen molar-refractivity contribution in [3.63, 3.8) is 0 Å². The van der Waals surface area contributed by atoms with Crippen molar-refractivity contribution in [3.05, 3.63) is 64.7 Å². The first-order valence-corrected chi connectivity index (χ1v) is 8.18. The Labute approximate surface area is 146 Å². The standard InChI is InChI=1S/C20H19ClO3/c1-20(2)12-23-18-10-6-15(11-19(18)24-13-20)17(22)9-5-14-3-7-16(21)8-4-14/h3-11H,12-13H2,1-2H3/b9-5+. The van der Waals surface area contributed by atoms with Crippen LogP contribution in [0.5, 0.6) is 11.5 Å². The summed E-state index contributed by atoms with van der Waals surface area (Å²) in [5.74, 6) is 1.21. The van der Waals surface area contributed by atoms with Gasteiger partial charge in [0.05, 0.1) is 13.2 Å². The summed E-state index contributed by atoms with van der Waals surface area (Å²) >= 11 is 5.85. The molecule has 0 spiro atoms. The minimum absolute atomic E-state index is 0.0579. The van der Waals surface area contributed by atoms with Crippen LogP contribution in [0.4, 0.5) is 0 Å². The predicted molar refractivity (Wildman–Crippen MR) is 96.0 cm³/mol. The quantitative estimate of drug-likeness (QED) is 0.579. The van der Waals surface area contributed by atoms with Gasteiger partial charge in [-0.25, -0.2) is 0 Å². The number of fused-ring (bicyclic) bond motifs is 1. The highest BCUT2D eigenvalue weighted by Gasteiger charge is 2.25. The van der Waals surface area contributed by atoms with Crippen LogP contribution in [0.1, 0.15) is 29.8 Å². The normalized spacial score (nSPS) is 16.0. The molecule has 0 amide bonds. The molecule has 0 unspecified atom stereocenters. The van der Waals surface area contributed by atoms with E-state index in [0.717, 1.165) is 5.56 Å². The molecular weight excluding hydrogens is 324 g/mol. The number of rotatable bonds is 3. The number of benzene rings is 2. The van der Waals surface area contributed by atoms with Crippen LogP contribution in [-0.4, -0.2) is 19.0 Å². The van der Waals surface area contributed by atoms with Gasteiger partial charge in [0.1, 0.15) is 0 Å². The number of carbonyl (C=O) groups is 1. The van der Waals surface area contributed by atoms with E-state index in [1.165, 1.54) is 0 Å². The summed E-state index contributed by atoms with van der Waals surface area (Å²) in [5.41, 5.74) is 1.43. The van der Waals surface area contributed by atoms with E-state index in [-0.39, 0.29) is 11.2 Å². The minimum Gasteiger partial charge on any atom is -0.489 e. The number of carbonyl (C=O) groups excluding carboxylic acids is 1. The van der Waals surface area contributed by atoms with Gasteiger partial charge >= 0.3 is 0 Å². The van der Waals surface area contributed by atoms with Crippen molar-refractivity contribution in [1.29, 1.82) is 0 Å². The van der Waals surface area contributed by atoms with Gasteiger partial charge in [0.25, 0.3) is 0 Å². The van der Waals surface area contributed by atoms with E-state index in [4.69, 9.17) is 21.1 Å². The second-order valence-electron chi connectivity index (χ2n) is 6.65. The third-order valence-corrected chi connectivity index (χ3v) is 4.01. The molecule has 1 aliphatic rings. The van der Waals surface area contributed by atoms with Gasteiger partial charge in [0.2, 0.25) is 0 Å². The average molecular weight is 343 g/mol. The largest absolute Gasteiger partial charge is 0.489 e. The van der Waals surface area contributed by atoms with Crippen LogP contribution in [0.15, 0.2) is 48.5 Å². The molecule has 0 saturated carbocycles. The molecule has 0 N–H and O–H groups in total. The van der Waals surface area contributed by atoms with Crippen LogP contribution in [0.3, 0.4) is 0 Å². The Kier molecular flexibility index (Phi) is 4.63. The van der Waals surface area contributed by atoms with Crippen molar-refractivity contribution < 1.29 is 14.3 Å². The van der Waals surface area contributed by atoms with Crippen molar-refractivity contribution in [3.8, 4) is 11.5 Å². The van der Waals surface area contributed by atoms with Gasteiger partial charge < -0.3 is 9.47 Å². The predicted octanol–water partition coefficient (Wildman–Crippen LogP) is 5.03. The Bertz CT molecular complexity index is 776. The average Bonchev–Trinajstić information content (AvgIpc) is 2.72. The summed E-state index contributed by atoms with van der Waals surface area (Å²) in [6, 6.07) is 12.6. The highest BCUT2D eigenvalue weighted by atomic mass is 35.5. The first-order valence-electron chi connectivity index (χ1n) is 7.81. The molecule has 0 saturated heterocycles. The molecule has 2 aromatic carbocycles. The second kappa shape index (κ2) is 6.70. The fourth-order valence-electron chi connectivity index (χ4n) is 2.32. The lowest BCUT2D eigenvalue weighted by Crippen LogP contribution is -2.26. The molecule has 24 heavy (non-hydrogen) atoms. The summed E-state index contributed by atoms with van der Waals surface area (Å²) in [6.45, 7) is 5.31. The molecule has 0 atom stereocenters. The summed E-state index contributed by atoms with van der Waals surface area (Å²) < 4.78 is 11.6. The Hall–Kier alpha value is -2.26. The monoisotopic (exact) mass is 342 g/mol. The Morgan fingerprint density at radius 1 is 1.04 bits per heavy atom. The highest BCUT2D eigenvalue weighted by molar-refractivity contribution is 6.30. The Morgan fingerprint density at radius 3 is 2.42 bits per heavy atom. The topological polar surface area (TPSA) is 35.5 Å². The number of ether oxygens (including phenoxy) is 2. The third kappa shape index (κ3) is 3.98. The summed E-state index contributed by atoms with van der Waals surface area (Å²) in [6.07, 6.45) is 3.32. The molecule has 2 aromatic rings. The smallest absolute Gasteiger partial charge is 0.185 e. The number of hydrogen-bond donors (Lipinski definition) is 0. The van der Waals surface area contributed by atoms with Gasteiger partial charge in [-0.05, 0) is 42.0 Å². The molecule has 0 radical (unpaired) electrons. The SMILES string of the molecule is CC1(C)COc2ccc(C(=O)/C=C/c3ccc(Cl)cc3)cc2OC1. The van der Waals surface area contributed by atoms with Crippen LogP contribution in [0.25, 0.3) is 6.08 Å². The molecule has 0 aromatic heterocycles. The Morgan fingerprint density at radius 2 is 1.71 bits per heavy atom. The summed E-state index contributed by atoms with van der Waals surface area (Å²) in [5, 5.41) is 0.671. The van der Waals surface area contributed by atoms with Crippen molar-refractivity contribution in [1.82, 2.24) is 0 Å². The number of halogens is 1. The number of ketones is 1. The van der Waals surface area contributed by atoms with Crippen LogP contribution in [-0.2, 0) is 0 Å². The van der Waals surface area contributed by atoms with E-state index in [0.29, 0.717) is 35.3 Å². The first kappa shape index (κ1) is 16.6. The zero-order chi connectivity index (χ0) is 17.2. The lowest BCUT2D eigenvalue weighted by atomic mass is 9.97. The van der Waals surface area contributed by atoms with Crippen molar-refractivity contribution in [2.24, 2.45) is 5.41 Å². The summed E-state index contributed by atoms with van der Waals surface area (Å²) in [7, 11) is 0. The lowest BCUT2D eigenvalue weighted by Gasteiger charge is -2.19. The van der Waals surface area contributed by atoms with Gasteiger partial charge in [-0.1, -0.05) is 43.7 Å². The van der Waals surface area contributed by atoms with Crippen LogP contribution in [0.2, 0.25) is 5.02 Å². The van der Waals surface area contributed by atoms with Gasteiger partial charge in [-0.3, -0.25) is 4.79 Å². The zero-order valence-corrected chi connectivity index (χ0v) is 14.5. The van der Waals surface area contributed by atoms with Crippen LogP contribution < -0.4 is 9.47 Å². The third-order valence-electron chi connectivity index (χ3n) is 3.76. The molecule has 3 rings (SSSR count). The van der Waals surface area contributed by atoms with Crippen molar-refractivity contribution in [2.45, 2.75) is 13.8 Å². The van der Waals surface area contributed by atoms with Gasteiger partial charge in [-0.15, -0.1) is 0 Å². The molecule has 1 heterocycles. The molecule has 0 fully saturated rings. The summed E-state index contributed by atoms with van der Waals surface area (Å²) in [4.78, 5) is 12.4. The lowest BCUT2D eigenvalue weighted by molar-refractivity contribution is 0.104. The molecule has 1 aliphatic heterocycles. The molecule has 0 bridgehead atoms. The number of allylic oxidation sites excluding steroid dienone is 1. The number of hydrogen-bond acceptors (Lipinski definition) is 3. The van der Waals surface area contributed by atoms with Crippen molar-refractivity contribution >= 4 is 23.5 Å². The van der Waals surface area contributed by atoms with Gasteiger partial charge in [0.15, 0.2) is 17.3 Å². The van der Waals surface area contributed by atoms with E-state index >= 15 is 0 Å². The van der Waals surface area contributed by atoms with E-state index in [9.17, 15) is 4.79 Å². The van der Waals surface area contributed by atoms with E-state index in [1.807, 2.05) is 12.1 Å². The fraction of sp³-hybridized carbons (Fsp3) is 0.250. The molecule has 3 nitrogen and oxygen atoms in total. The maximum absolute atomic E-state index is 12.4. The Balaban J connectivity index is 1.77. The second-order valence-corrected chi connectivity index (χ2v) is 7.09. The van der Waals surface area contributed by atoms with E-state index in [1.54, 1.807) is 42.5 Å². The first-order chi connectivity index (χ1) is 11.4. The van der Waals surface area contributed by atoms with E-state index < -0.39 is 0 Å². The zero-order valence-electron chi connectivity index (χ0n) is 13.7. The maximum Gasteiger partial charge on any atom is 0.185 e. The van der Waals surface area contributed by atoms with Gasteiger partial charge in [0, 0.05) is 16.0 Å². The molecule has 0 aliphatic carbocycles. The highest BCUT2D eigenvalue weighted by Crippen LogP contribution is 2.34. The molecule has 4 heteroatoms. The maximum atomic E-state index is 12.4. The fourth-order valence-corrected chi connectivity index (χ4v) is 2.45. The molecule has 124 valence electrons. The van der Waals surface area contributed by atoms with E-state index in [2.05, 4.69) is 13.8 Å². The van der Waals surface area contributed by atoms with Crippen molar-refractivity contribution in [2.75, 3.05) is 13.2 Å². The molecular formula is C20H19ClO3. The van der Waals surface area contributed by atoms with Crippen LogP contribution in [0, 0.1) is 5.41 Å². The van der Waals surface area contributed by atoms with Gasteiger partial charge in [-0.2, -0.15) is 0 Å². The minimum atomic E-state index is -0.0835. The van der Waals surface area contributed by atoms with Crippen LogP contribution >= 0.6 is 11.6 Å².